The van der Waals surface area contributed by atoms with Crippen molar-refractivity contribution < 1.29 is 17.6 Å². The van der Waals surface area contributed by atoms with Crippen LogP contribution in [-0.4, -0.2) is 19.3 Å². The van der Waals surface area contributed by atoms with E-state index in [1.165, 1.54) is 46.9 Å². The van der Waals surface area contributed by atoms with Crippen molar-refractivity contribution in [3.63, 3.8) is 0 Å². The van der Waals surface area contributed by atoms with Crippen LogP contribution in [0.25, 0.3) is 11.3 Å². The highest BCUT2D eigenvalue weighted by molar-refractivity contribution is 7.92. The molecule has 4 rings (SSSR count). The third-order valence-corrected chi connectivity index (χ3v) is 7.80. The number of nitrogens with zero attached hydrogens (tertiary/aromatic N) is 1. The predicted molar refractivity (Wildman–Crippen MR) is 127 cm³/mol. The number of thiophene rings is 1. The Kier molecular flexibility index (Phi) is 6.50. The Hall–Kier alpha value is -2.50. The van der Waals surface area contributed by atoms with Gasteiger partial charge >= 0.3 is 0 Å². The Labute approximate surface area is 200 Å². The number of aromatic nitrogens is 1. The van der Waals surface area contributed by atoms with E-state index in [9.17, 15) is 17.6 Å². The number of rotatable bonds is 6. The maximum absolute atomic E-state index is 13.1. The first-order valence-corrected chi connectivity index (χ1v) is 12.8. The maximum atomic E-state index is 13.1. The number of carbonyl (C=O) groups is 1. The SMILES string of the molecule is O=C(Nc1nc(-c2cc(Cl)sc2Cl)cs1)c1cccc(NS(=O)(=O)c2ccc(F)cc2)c1. The van der Waals surface area contributed by atoms with Gasteiger partial charge in [-0.2, -0.15) is 0 Å². The lowest BCUT2D eigenvalue weighted by Gasteiger charge is -2.09. The van der Waals surface area contributed by atoms with Gasteiger partial charge in [0, 0.05) is 22.2 Å². The zero-order chi connectivity index (χ0) is 22.9. The predicted octanol–water partition coefficient (Wildman–Crippen LogP) is 6.37. The van der Waals surface area contributed by atoms with Gasteiger partial charge in [0.05, 0.1) is 14.9 Å². The quantitative estimate of drug-likeness (QED) is 0.304. The van der Waals surface area contributed by atoms with Crippen LogP contribution in [-0.2, 0) is 10.0 Å². The summed E-state index contributed by atoms with van der Waals surface area (Å²) in [6.45, 7) is 0. The van der Waals surface area contributed by atoms with Gasteiger partial charge in [0.1, 0.15) is 10.2 Å². The third kappa shape index (κ3) is 5.11. The molecule has 4 aromatic rings. The minimum atomic E-state index is -3.94. The van der Waals surface area contributed by atoms with Crippen molar-refractivity contribution in [2.24, 2.45) is 0 Å². The highest BCUT2D eigenvalue weighted by Gasteiger charge is 2.17. The molecule has 0 aliphatic carbocycles. The third-order valence-electron chi connectivity index (χ3n) is 4.16. The summed E-state index contributed by atoms with van der Waals surface area (Å²) in [5, 5.41) is 4.77. The van der Waals surface area contributed by atoms with E-state index in [-0.39, 0.29) is 16.1 Å². The van der Waals surface area contributed by atoms with Gasteiger partial charge in [-0.3, -0.25) is 14.8 Å². The van der Waals surface area contributed by atoms with E-state index < -0.39 is 21.7 Å². The number of nitrogens with one attached hydrogen (secondary N) is 2. The number of carbonyl (C=O) groups excluding carboxylic acids is 1. The van der Waals surface area contributed by atoms with Crippen LogP contribution in [0.2, 0.25) is 8.67 Å². The zero-order valence-electron chi connectivity index (χ0n) is 15.8. The van der Waals surface area contributed by atoms with Gasteiger partial charge in [-0.1, -0.05) is 29.3 Å². The minimum absolute atomic E-state index is 0.101. The van der Waals surface area contributed by atoms with E-state index >= 15 is 0 Å². The van der Waals surface area contributed by atoms with E-state index in [1.54, 1.807) is 11.4 Å². The molecule has 164 valence electrons. The second kappa shape index (κ2) is 9.16. The molecule has 0 saturated carbocycles. The number of amides is 1. The summed E-state index contributed by atoms with van der Waals surface area (Å²) in [6.07, 6.45) is 0. The molecular weight excluding hydrogens is 516 g/mol. The van der Waals surface area contributed by atoms with Crippen molar-refractivity contribution in [3.05, 3.63) is 80.0 Å². The molecule has 0 aliphatic rings. The van der Waals surface area contributed by atoms with E-state index in [0.717, 1.165) is 24.3 Å². The Bertz CT molecular complexity index is 1400. The summed E-state index contributed by atoms with van der Waals surface area (Å²) < 4.78 is 41.5. The van der Waals surface area contributed by atoms with Crippen LogP contribution in [0.1, 0.15) is 10.4 Å². The average molecular weight is 528 g/mol. The lowest BCUT2D eigenvalue weighted by Crippen LogP contribution is -2.15. The van der Waals surface area contributed by atoms with Crippen LogP contribution in [0.15, 0.2) is 64.9 Å². The fourth-order valence-electron chi connectivity index (χ4n) is 2.69. The first-order valence-electron chi connectivity index (χ1n) is 8.82. The average Bonchev–Trinajstić information content (AvgIpc) is 3.33. The molecule has 1 amide bonds. The molecule has 32 heavy (non-hydrogen) atoms. The number of halogens is 3. The van der Waals surface area contributed by atoms with Crippen molar-refractivity contribution in [1.29, 1.82) is 0 Å². The molecule has 2 N–H and O–H groups in total. The number of hydrogen-bond acceptors (Lipinski definition) is 6. The van der Waals surface area contributed by atoms with Gasteiger partial charge in [0.15, 0.2) is 5.13 Å². The van der Waals surface area contributed by atoms with E-state index in [1.807, 2.05) is 0 Å². The lowest BCUT2D eigenvalue weighted by atomic mass is 10.2. The molecule has 2 heterocycles. The van der Waals surface area contributed by atoms with E-state index in [4.69, 9.17) is 23.2 Å². The first kappa shape index (κ1) is 22.7. The molecule has 0 spiro atoms. The highest BCUT2D eigenvalue weighted by atomic mass is 35.5. The monoisotopic (exact) mass is 527 g/mol. The van der Waals surface area contributed by atoms with Gasteiger partial charge in [-0.25, -0.2) is 17.8 Å². The molecule has 0 atom stereocenters. The Morgan fingerprint density at radius 3 is 2.50 bits per heavy atom. The lowest BCUT2D eigenvalue weighted by molar-refractivity contribution is 0.102. The van der Waals surface area contributed by atoms with Gasteiger partial charge < -0.3 is 0 Å². The molecule has 0 saturated heterocycles. The first-order chi connectivity index (χ1) is 15.2. The van der Waals surface area contributed by atoms with Crippen LogP contribution in [0.4, 0.5) is 15.2 Å². The topological polar surface area (TPSA) is 88.2 Å². The van der Waals surface area contributed by atoms with Gasteiger partial charge in [0.25, 0.3) is 15.9 Å². The second-order valence-corrected chi connectivity index (χ2v) is 11.2. The number of benzene rings is 2. The van der Waals surface area contributed by atoms with Crippen molar-refractivity contribution in [1.82, 2.24) is 4.98 Å². The van der Waals surface area contributed by atoms with Crippen LogP contribution in [0.5, 0.6) is 0 Å². The van der Waals surface area contributed by atoms with E-state index in [0.29, 0.717) is 25.1 Å². The molecule has 12 heteroatoms. The van der Waals surface area contributed by atoms with Gasteiger partial charge in [0.2, 0.25) is 0 Å². The molecule has 0 unspecified atom stereocenters. The van der Waals surface area contributed by atoms with E-state index in [2.05, 4.69) is 15.0 Å². The van der Waals surface area contributed by atoms with Crippen LogP contribution >= 0.6 is 45.9 Å². The summed E-state index contributed by atoms with van der Waals surface area (Å²) in [5.74, 6) is -1.01. The highest BCUT2D eigenvalue weighted by Crippen LogP contribution is 2.39. The molecule has 0 radical (unpaired) electrons. The maximum Gasteiger partial charge on any atom is 0.261 e. The molecule has 0 aliphatic heterocycles. The second-order valence-electron chi connectivity index (χ2n) is 6.37. The Morgan fingerprint density at radius 1 is 1.06 bits per heavy atom. The fraction of sp³-hybridized carbons (Fsp3) is 0. The minimum Gasteiger partial charge on any atom is -0.298 e. The standard InChI is InChI=1S/C20H12Cl2FN3O3S3/c21-17-9-15(18(22)31-17)16-10-30-20(24-16)25-19(27)11-2-1-3-13(8-11)26-32(28,29)14-6-4-12(23)5-7-14/h1-10,26H,(H,24,25,27). The fourth-order valence-corrected chi connectivity index (χ4v) is 5.93. The number of thiazole rings is 1. The van der Waals surface area contributed by atoms with Crippen molar-refractivity contribution in [2.45, 2.75) is 4.90 Å². The largest absolute Gasteiger partial charge is 0.298 e. The number of hydrogen-bond donors (Lipinski definition) is 2. The molecule has 0 fully saturated rings. The van der Waals surface area contributed by atoms with Crippen LogP contribution in [0.3, 0.4) is 0 Å². The Morgan fingerprint density at radius 2 is 1.81 bits per heavy atom. The van der Waals surface area contributed by atoms with Crippen molar-refractivity contribution in [2.75, 3.05) is 10.0 Å². The summed E-state index contributed by atoms with van der Waals surface area (Å²) in [7, 11) is -3.94. The summed E-state index contributed by atoms with van der Waals surface area (Å²) >= 11 is 14.6. The smallest absolute Gasteiger partial charge is 0.261 e. The zero-order valence-corrected chi connectivity index (χ0v) is 19.8. The van der Waals surface area contributed by atoms with Gasteiger partial charge in [-0.15, -0.1) is 22.7 Å². The number of anilines is 2. The summed E-state index contributed by atoms with van der Waals surface area (Å²) in [4.78, 5) is 16.9. The Balaban J connectivity index is 1.49. The molecule has 6 nitrogen and oxygen atoms in total. The van der Waals surface area contributed by atoms with Crippen LogP contribution in [0, 0.1) is 5.82 Å². The molecule has 2 aromatic carbocycles. The van der Waals surface area contributed by atoms with Crippen LogP contribution < -0.4 is 10.0 Å². The van der Waals surface area contributed by atoms with Gasteiger partial charge in [-0.05, 0) is 48.5 Å². The van der Waals surface area contributed by atoms with Crippen molar-refractivity contribution >= 4 is 72.6 Å². The number of sulfonamides is 1. The molecular formula is C20H12Cl2FN3O3S3. The molecule has 0 bridgehead atoms. The summed E-state index contributed by atoms with van der Waals surface area (Å²) in [5.41, 5.74) is 1.66. The van der Waals surface area contributed by atoms with Crippen molar-refractivity contribution in [3.8, 4) is 11.3 Å². The normalized spacial score (nSPS) is 11.3. The molecule has 2 aromatic heterocycles. The summed E-state index contributed by atoms with van der Waals surface area (Å²) in [6, 6.07) is 12.1.